The molecule has 0 amide bonds. The lowest BCUT2D eigenvalue weighted by Gasteiger charge is -2.36. The first-order valence-electron chi connectivity index (χ1n) is 18.4. The summed E-state index contributed by atoms with van der Waals surface area (Å²) in [4.78, 5) is 42.6. The quantitative estimate of drug-likeness (QED) is 0.0808. The zero-order valence-electron chi connectivity index (χ0n) is 29.4. The van der Waals surface area contributed by atoms with Crippen LogP contribution in [0, 0.1) is 0 Å². The number of benzene rings is 2. The molecule has 1 atom stereocenters. The predicted molar refractivity (Wildman–Crippen MR) is 202 cm³/mol. The number of esters is 1. The highest BCUT2D eigenvalue weighted by Gasteiger charge is 2.27. The summed E-state index contributed by atoms with van der Waals surface area (Å²) < 4.78 is 12.4. The van der Waals surface area contributed by atoms with Crippen LogP contribution in [0.2, 0.25) is 10.0 Å². The molecule has 0 radical (unpaired) electrons. The number of ether oxygens (including phenoxy) is 2. The summed E-state index contributed by atoms with van der Waals surface area (Å²) in [5, 5.41) is 11.8. The molecule has 0 spiro atoms. The van der Waals surface area contributed by atoms with Crippen LogP contribution in [-0.4, -0.2) is 65.8 Å². The van der Waals surface area contributed by atoms with Crippen molar-refractivity contribution in [3.8, 4) is 5.75 Å². The molecule has 1 fully saturated rings. The number of carbonyl (C=O) groups excluding carboxylic acids is 1. The Morgan fingerprint density at radius 2 is 1.48 bits per heavy atom. The lowest BCUT2D eigenvalue weighted by atomic mass is 10.1. The number of hydrogen-bond donors (Lipinski definition) is 1. The van der Waals surface area contributed by atoms with Gasteiger partial charge in [-0.25, -0.2) is 4.79 Å². The van der Waals surface area contributed by atoms with Crippen molar-refractivity contribution in [2.24, 2.45) is 0 Å². The van der Waals surface area contributed by atoms with Crippen molar-refractivity contribution in [1.82, 2.24) is 9.47 Å². The summed E-state index contributed by atoms with van der Waals surface area (Å²) in [6.07, 6.45) is 12.7. The number of piperazine rings is 1. The Labute approximate surface area is 306 Å². The van der Waals surface area contributed by atoms with Gasteiger partial charge >= 0.3 is 11.9 Å². The van der Waals surface area contributed by atoms with Crippen molar-refractivity contribution in [2.75, 3.05) is 44.2 Å². The minimum atomic E-state index is -1.77. The van der Waals surface area contributed by atoms with Crippen LogP contribution in [0.3, 0.4) is 0 Å². The Morgan fingerprint density at radius 3 is 2.16 bits per heavy atom. The number of hydrogen-bond acceptors (Lipinski definition) is 7. The zero-order valence-corrected chi connectivity index (χ0v) is 30.9. The molecule has 2 heterocycles. The Kier molecular flexibility index (Phi) is 16.7. The molecule has 50 heavy (non-hydrogen) atoms. The second-order valence-corrected chi connectivity index (χ2v) is 14.0. The van der Waals surface area contributed by atoms with E-state index >= 15 is 0 Å². The van der Waals surface area contributed by atoms with Crippen LogP contribution in [-0.2, 0) is 14.3 Å². The van der Waals surface area contributed by atoms with Gasteiger partial charge in [0.15, 0.2) is 0 Å². The third kappa shape index (κ3) is 12.2. The third-order valence-electron chi connectivity index (χ3n) is 9.36. The van der Waals surface area contributed by atoms with Crippen molar-refractivity contribution < 1.29 is 24.2 Å². The number of halogens is 2. The summed E-state index contributed by atoms with van der Waals surface area (Å²) in [5.41, 5.74) is 0.741. The van der Waals surface area contributed by atoms with E-state index in [0.717, 1.165) is 75.1 Å². The third-order valence-corrected chi connectivity index (χ3v) is 10.2. The Morgan fingerprint density at radius 1 is 0.820 bits per heavy atom. The lowest BCUT2D eigenvalue weighted by molar-refractivity contribution is -0.170. The summed E-state index contributed by atoms with van der Waals surface area (Å²) in [7, 11) is 0. The van der Waals surface area contributed by atoms with Gasteiger partial charge in [-0.05, 0) is 61.5 Å². The van der Waals surface area contributed by atoms with E-state index in [2.05, 4.69) is 16.7 Å². The molecular weight excluding hydrogens is 677 g/mol. The number of carboxylic acids is 1. The molecule has 1 N–H and O–H groups in total. The van der Waals surface area contributed by atoms with Gasteiger partial charge < -0.3 is 19.5 Å². The topological polar surface area (TPSA) is 101 Å². The predicted octanol–water partition coefficient (Wildman–Crippen LogP) is 9.12. The lowest BCUT2D eigenvalue weighted by Crippen LogP contribution is -2.46. The fourth-order valence-electron chi connectivity index (χ4n) is 6.47. The Hall–Kier alpha value is -3.27. The van der Waals surface area contributed by atoms with Crippen molar-refractivity contribution >= 4 is 51.7 Å². The van der Waals surface area contributed by atoms with Gasteiger partial charge in [0.1, 0.15) is 5.75 Å². The normalized spacial score (nSPS) is 14.2. The average molecular weight is 731 g/mol. The fourth-order valence-corrected chi connectivity index (χ4v) is 6.89. The van der Waals surface area contributed by atoms with Gasteiger partial charge in [-0.2, -0.15) is 0 Å². The molecule has 9 nitrogen and oxygen atoms in total. The van der Waals surface area contributed by atoms with Crippen molar-refractivity contribution in [3.63, 3.8) is 0 Å². The molecule has 274 valence electrons. The monoisotopic (exact) mass is 729 g/mol. The maximum Gasteiger partial charge on any atom is 0.367 e. The van der Waals surface area contributed by atoms with Crippen molar-refractivity contribution in [2.45, 2.75) is 103 Å². The highest BCUT2D eigenvalue weighted by Crippen LogP contribution is 2.33. The fraction of sp³-hybridized carbons (Fsp3) is 0.564. The van der Waals surface area contributed by atoms with Crippen LogP contribution >= 0.6 is 23.2 Å². The van der Waals surface area contributed by atoms with Crippen molar-refractivity contribution in [3.05, 3.63) is 68.9 Å². The Balaban J connectivity index is 1.21. The van der Waals surface area contributed by atoms with Crippen LogP contribution in [0.15, 0.2) is 53.3 Å². The summed E-state index contributed by atoms with van der Waals surface area (Å²) in [6, 6.07) is 13.9. The van der Waals surface area contributed by atoms with Crippen LogP contribution in [0.25, 0.3) is 10.9 Å². The van der Waals surface area contributed by atoms with E-state index in [1.165, 1.54) is 51.0 Å². The number of anilines is 1. The van der Waals surface area contributed by atoms with E-state index in [-0.39, 0.29) is 6.42 Å². The SMILES string of the molecule is CCCCCCCCCCCCCC(=O)OC(C(=O)O)n1c(=O)ccc2ccc(OCCCCN3CCN(c4cccc(Cl)c4Cl)CC3)cc21. The summed E-state index contributed by atoms with van der Waals surface area (Å²) in [5.74, 6) is -1.52. The zero-order chi connectivity index (χ0) is 35.7. The highest BCUT2D eigenvalue weighted by atomic mass is 35.5. The molecule has 4 rings (SSSR count). The van der Waals surface area contributed by atoms with E-state index in [1.54, 1.807) is 30.3 Å². The maximum atomic E-state index is 13.0. The van der Waals surface area contributed by atoms with Crippen LogP contribution in [0.1, 0.15) is 103 Å². The smallest absolute Gasteiger partial charge is 0.367 e. The van der Waals surface area contributed by atoms with Gasteiger partial charge in [-0.15, -0.1) is 0 Å². The minimum Gasteiger partial charge on any atom is -0.494 e. The first kappa shape index (κ1) is 39.5. The number of pyridine rings is 1. The second kappa shape index (κ2) is 21.2. The number of aliphatic carboxylic acids is 1. The number of unbranched alkanes of at least 4 members (excludes halogenated alkanes) is 11. The standard InChI is InChI=1S/C39H53Cl2N3O6/c1-2-3-4-5-6-7-8-9-10-11-12-18-36(46)50-38(39(47)48)44-34-29-31(21-19-30(34)20-22-35(44)45)49-28-14-13-23-42-24-26-43(27-25-42)33-17-15-16-32(40)37(33)41/h15-17,19-22,29,38H,2-14,18,23-28H2,1H3,(H,47,48). The van der Waals surface area contributed by atoms with Gasteiger partial charge in [0.25, 0.3) is 11.8 Å². The molecule has 1 saturated heterocycles. The number of nitrogens with zero attached hydrogens (tertiary/aromatic N) is 3. The molecule has 0 bridgehead atoms. The van der Waals surface area contributed by atoms with Crippen molar-refractivity contribution in [1.29, 1.82) is 0 Å². The van der Waals surface area contributed by atoms with Gasteiger partial charge in [0.05, 0.1) is 27.9 Å². The average Bonchev–Trinajstić information content (AvgIpc) is 3.11. The molecule has 1 aromatic heterocycles. The van der Waals surface area contributed by atoms with E-state index < -0.39 is 23.7 Å². The summed E-state index contributed by atoms with van der Waals surface area (Å²) in [6.45, 7) is 7.26. The molecule has 1 unspecified atom stereocenters. The van der Waals surface area contributed by atoms with Crippen LogP contribution < -0.4 is 15.2 Å². The van der Waals surface area contributed by atoms with Crippen LogP contribution in [0.5, 0.6) is 5.75 Å². The molecule has 2 aromatic carbocycles. The molecule has 0 saturated carbocycles. The van der Waals surface area contributed by atoms with E-state index in [4.69, 9.17) is 32.7 Å². The summed E-state index contributed by atoms with van der Waals surface area (Å²) >= 11 is 12.6. The van der Waals surface area contributed by atoms with Gasteiger partial charge in [-0.1, -0.05) is 100 Å². The number of fused-ring (bicyclic) bond motifs is 1. The largest absolute Gasteiger partial charge is 0.494 e. The number of carbonyl (C=O) groups is 2. The Bertz CT molecular complexity index is 1570. The highest BCUT2D eigenvalue weighted by molar-refractivity contribution is 6.43. The molecule has 0 aliphatic carbocycles. The maximum absolute atomic E-state index is 13.0. The number of rotatable bonds is 22. The van der Waals surface area contributed by atoms with E-state index in [1.807, 2.05) is 12.1 Å². The molecule has 3 aromatic rings. The number of carboxylic acid groups (broad SMARTS) is 1. The van der Waals surface area contributed by atoms with Gasteiger partial charge in [0, 0.05) is 44.7 Å². The molecule has 1 aliphatic heterocycles. The number of aromatic nitrogens is 1. The van der Waals surface area contributed by atoms with Gasteiger partial charge in [0.2, 0.25) is 0 Å². The second-order valence-electron chi connectivity index (χ2n) is 13.2. The first-order chi connectivity index (χ1) is 24.3. The first-order valence-corrected chi connectivity index (χ1v) is 19.2. The molecule has 1 aliphatic rings. The van der Waals surface area contributed by atoms with Crippen LogP contribution in [0.4, 0.5) is 5.69 Å². The molecule has 11 heteroatoms. The van der Waals surface area contributed by atoms with E-state index in [0.29, 0.717) is 39.7 Å². The minimum absolute atomic E-state index is 0.112. The molecular formula is C39H53Cl2N3O6. The van der Waals surface area contributed by atoms with Gasteiger partial charge in [-0.3, -0.25) is 19.1 Å². The van der Waals surface area contributed by atoms with E-state index in [9.17, 15) is 19.5 Å².